The second-order valence-corrected chi connectivity index (χ2v) is 8.35. The maximum absolute atomic E-state index is 11.8. The number of amides is 1. The summed E-state index contributed by atoms with van der Waals surface area (Å²) in [6, 6.07) is 10.9. The molecule has 0 saturated heterocycles. The highest BCUT2D eigenvalue weighted by atomic mass is 16.5. The molecule has 0 saturated carbocycles. The smallest absolute Gasteiger partial charge is 0.308 e. The van der Waals surface area contributed by atoms with Gasteiger partial charge in [0.05, 0.1) is 18.5 Å². The van der Waals surface area contributed by atoms with Gasteiger partial charge in [-0.15, -0.1) is 0 Å². The first-order valence-corrected chi connectivity index (χ1v) is 10.6. The summed E-state index contributed by atoms with van der Waals surface area (Å²) in [5.41, 5.74) is 4.86. The Balaban J connectivity index is 2.07. The summed E-state index contributed by atoms with van der Waals surface area (Å²) in [5, 5.41) is 12.1. The van der Waals surface area contributed by atoms with E-state index in [9.17, 15) is 14.7 Å². The molecule has 1 aliphatic rings. The van der Waals surface area contributed by atoms with Gasteiger partial charge >= 0.3 is 5.97 Å². The molecule has 1 heterocycles. The van der Waals surface area contributed by atoms with Crippen molar-refractivity contribution < 1.29 is 24.2 Å². The minimum atomic E-state index is -0.403. The van der Waals surface area contributed by atoms with E-state index in [1.165, 1.54) is 6.92 Å². The van der Waals surface area contributed by atoms with Crippen LogP contribution >= 0.6 is 0 Å². The number of rotatable bonds is 4. The summed E-state index contributed by atoms with van der Waals surface area (Å²) >= 11 is 0. The van der Waals surface area contributed by atoms with Crippen LogP contribution in [0.5, 0.6) is 17.2 Å². The van der Waals surface area contributed by atoms with Crippen LogP contribution < -0.4 is 9.47 Å². The molecule has 0 unspecified atom stereocenters. The maximum atomic E-state index is 11.8. The average Bonchev–Trinajstić information content (AvgIpc) is 2.73. The summed E-state index contributed by atoms with van der Waals surface area (Å²) in [6.07, 6.45) is 1.48. The number of hydrogen-bond donors (Lipinski definition) is 1. The summed E-state index contributed by atoms with van der Waals surface area (Å²) in [5.74, 6) is 0.832. The zero-order valence-electron chi connectivity index (χ0n) is 18.9. The SMILES string of the molecule is COc1cc(C)c(-c2ccc(OC(C)=O)c3c2C[C@@H](C)N(C=O)[C@@H]3C)c2cccc(O)c12. The predicted molar refractivity (Wildman–Crippen MR) is 123 cm³/mol. The molecule has 166 valence electrons. The molecule has 0 aromatic heterocycles. The molecule has 1 amide bonds. The van der Waals surface area contributed by atoms with Gasteiger partial charge in [0.1, 0.15) is 17.2 Å². The summed E-state index contributed by atoms with van der Waals surface area (Å²) in [7, 11) is 1.59. The van der Waals surface area contributed by atoms with Gasteiger partial charge < -0.3 is 19.5 Å². The van der Waals surface area contributed by atoms with E-state index in [-0.39, 0.29) is 17.8 Å². The lowest BCUT2D eigenvalue weighted by Crippen LogP contribution is -2.40. The van der Waals surface area contributed by atoms with Crippen molar-refractivity contribution in [2.75, 3.05) is 7.11 Å². The van der Waals surface area contributed by atoms with Gasteiger partial charge in [-0.1, -0.05) is 18.2 Å². The van der Waals surface area contributed by atoms with Gasteiger partial charge in [0, 0.05) is 18.5 Å². The number of carbonyl (C=O) groups excluding carboxylic acids is 2. The molecule has 0 aliphatic carbocycles. The maximum Gasteiger partial charge on any atom is 0.308 e. The molecule has 0 radical (unpaired) electrons. The third-order valence-corrected chi connectivity index (χ3v) is 6.36. The molecule has 2 atom stereocenters. The molecule has 6 nitrogen and oxygen atoms in total. The van der Waals surface area contributed by atoms with Crippen LogP contribution in [-0.2, 0) is 16.0 Å². The average molecular weight is 434 g/mol. The van der Waals surface area contributed by atoms with E-state index in [0.29, 0.717) is 23.3 Å². The lowest BCUT2D eigenvalue weighted by Gasteiger charge is -2.39. The first-order chi connectivity index (χ1) is 15.3. The van der Waals surface area contributed by atoms with Crippen LogP contribution in [0, 0.1) is 6.92 Å². The molecule has 3 aromatic rings. The van der Waals surface area contributed by atoms with E-state index < -0.39 is 5.97 Å². The highest BCUT2D eigenvalue weighted by Crippen LogP contribution is 2.47. The Morgan fingerprint density at radius 1 is 1.19 bits per heavy atom. The van der Waals surface area contributed by atoms with Gasteiger partial charge in [-0.25, -0.2) is 0 Å². The number of methoxy groups -OCH3 is 1. The number of aromatic hydroxyl groups is 1. The summed E-state index contributed by atoms with van der Waals surface area (Å²) in [6.45, 7) is 7.35. The van der Waals surface area contributed by atoms with E-state index >= 15 is 0 Å². The molecular weight excluding hydrogens is 406 g/mol. The number of ether oxygens (including phenoxy) is 2. The fraction of sp³-hybridized carbons (Fsp3) is 0.308. The fourth-order valence-electron chi connectivity index (χ4n) is 5.01. The Morgan fingerprint density at radius 2 is 1.94 bits per heavy atom. The van der Waals surface area contributed by atoms with E-state index in [1.807, 2.05) is 45.0 Å². The number of carbonyl (C=O) groups is 2. The lowest BCUT2D eigenvalue weighted by molar-refractivity contribution is -0.131. The molecule has 0 spiro atoms. The van der Waals surface area contributed by atoms with Crippen LogP contribution in [-0.4, -0.2) is 35.5 Å². The number of phenolic OH excluding ortho intramolecular Hbond substituents is 1. The highest BCUT2D eigenvalue weighted by Gasteiger charge is 2.33. The Morgan fingerprint density at radius 3 is 2.59 bits per heavy atom. The van der Waals surface area contributed by atoms with Crippen molar-refractivity contribution in [1.82, 2.24) is 4.90 Å². The van der Waals surface area contributed by atoms with Crippen molar-refractivity contribution in [2.24, 2.45) is 0 Å². The van der Waals surface area contributed by atoms with Crippen LogP contribution in [0.25, 0.3) is 21.9 Å². The number of esters is 1. The first kappa shape index (κ1) is 21.7. The Labute approximate surface area is 187 Å². The molecule has 4 rings (SSSR count). The largest absolute Gasteiger partial charge is 0.507 e. The van der Waals surface area contributed by atoms with Crippen LogP contribution in [0.4, 0.5) is 0 Å². The quantitative estimate of drug-likeness (QED) is 0.359. The molecular formula is C26H27NO5. The van der Waals surface area contributed by atoms with E-state index in [0.717, 1.165) is 39.6 Å². The summed E-state index contributed by atoms with van der Waals surface area (Å²) < 4.78 is 11.1. The van der Waals surface area contributed by atoms with Crippen LogP contribution in [0.15, 0.2) is 36.4 Å². The zero-order chi connectivity index (χ0) is 23.2. The van der Waals surface area contributed by atoms with E-state index in [2.05, 4.69) is 0 Å². The number of benzene rings is 3. The van der Waals surface area contributed by atoms with Gasteiger partial charge in [-0.3, -0.25) is 9.59 Å². The van der Waals surface area contributed by atoms with Crippen LogP contribution in [0.2, 0.25) is 0 Å². The zero-order valence-corrected chi connectivity index (χ0v) is 18.9. The monoisotopic (exact) mass is 433 g/mol. The predicted octanol–water partition coefficient (Wildman–Crippen LogP) is 4.92. The fourth-order valence-corrected chi connectivity index (χ4v) is 5.01. The molecule has 1 aliphatic heterocycles. The van der Waals surface area contributed by atoms with Gasteiger partial charge in [0.25, 0.3) is 0 Å². The first-order valence-electron chi connectivity index (χ1n) is 10.6. The second-order valence-electron chi connectivity index (χ2n) is 8.35. The third-order valence-electron chi connectivity index (χ3n) is 6.36. The molecule has 6 heteroatoms. The standard InChI is InChI=1S/C26H27NO5/c1-14-11-23(31-5)26-19(7-6-8-21(26)30)24(14)18-9-10-22(32-17(4)29)25-16(3)27(13-28)15(2)12-20(18)25/h6-11,13,15-16,30H,12H2,1-5H3/t15-,16-/m1/s1. The molecule has 0 bridgehead atoms. The minimum absolute atomic E-state index is 0.0143. The van der Waals surface area contributed by atoms with Gasteiger partial charge in [0.15, 0.2) is 0 Å². The van der Waals surface area contributed by atoms with Crippen molar-refractivity contribution in [2.45, 2.75) is 46.2 Å². The highest BCUT2D eigenvalue weighted by molar-refractivity contribution is 6.05. The van der Waals surface area contributed by atoms with Crippen molar-refractivity contribution in [3.05, 3.63) is 53.1 Å². The van der Waals surface area contributed by atoms with Gasteiger partial charge in [0.2, 0.25) is 6.41 Å². The van der Waals surface area contributed by atoms with Crippen molar-refractivity contribution >= 4 is 23.2 Å². The van der Waals surface area contributed by atoms with E-state index in [1.54, 1.807) is 24.1 Å². The van der Waals surface area contributed by atoms with Crippen LogP contribution in [0.1, 0.15) is 43.5 Å². The number of nitrogens with zero attached hydrogens (tertiary/aromatic N) is 1. The molecule has 0 fully saturated rings. The van der Waals surface area contributed by atoms with E-state index in [4.69, 9.17) is 9.47 Å². The molecule has 32 heavy (non-hydrogen) atoms. The van der Waals surface area contributed by atoms with Gasteiger partial charge in [-0.2, -0.15) is 0 Å². The summed E-state index contributed by atoms with van der Waals surface area (Å²) in [4.78, 5) is 25.3. The Bertz CT molecular complexity index is 1230. The van der Waals surface area contributed by atoms with Crippen molar-refractivity contribution in [3.8, 4) is 28.4 Å². The normalized spacial score (nSPS) is 17.7. The topological polar surface area (TPSA) is 76.1 Å². The minimum Gasteiger partial charge on any atom is -0.507 e. The second kappa shape index (κ2) is 8.19. The lowest BCUT2D eigenvalue weighted by atomic mass is 9.81. The Hall–Kier alpha value is -3.54. The Kier molecular flexibility index (Phi) is 5.55. The van der Waals surface area contributed by atoms with Gasteiger partial charge in [-0.05, 0) is 73.0 Å². The number of aryl methyl sites for hydroxylation is 1. The third kappa shape index (κ3) is 3.36. The number of hydrogen-bond acceptors (Lipinski definition) is 5. The van der Waals surface area contributed by atoms with Crippen molar-refractivity contribution in [1.29, 1.82) is 0 Å². The number of fused-ring (bicyclic) bond motifs is 2. The molecule has 3 aromatic carbocycles. The van der Waals surface area contributed by atoms with Crippen molar-refractivity contribution in [3.63, 3.8) is 0 Å². The van der Waals surface area contributed by atoms with Crippen LogP contribution in [0.3, 0.4) is 0 Å². The molecule has 1 N–H and O–H groups in total. The number of phenols is 1.